The Kier molecular flexibility index (Phi) is 4.70. The van der Waals surface area contributed by atoms with Crippen molar-refractivity contribution in [3.8, 4) is 0 Å². The van der Waals surface area contributed by atoms with Gasteiger partial charge >= 0.3 is 0 Å². The average molecular weight is 296 g/mol. The predicted molar refractivity (Wildman–Crippen MR) is 82.7 cm³/mol. The van der Waals surface area contributed by atoms with Crippen molar-refractivity contribution in [2.45, 2.75) is 57.4 Å². The van der Waals surface area contributed by atoms with Crippen LogP contribution in [-0.2, 0) is 10.0 Å². The highest BCUT2D eigenvalue weighted by molar-refractivity contribution is 7.89. The van der Waals surface area contributed by atoms with Crippen molar-refractivity contribution in [1.82, 2.24) is 4.72 Å². The third-order valence-corrected chi connectivity index (χ3v) is 5.56. The highest BCUT2D eigenvalue weighted by Gasteiger charge is 2.27. The first-order valence-electron chi connectivity index (χ1n) is 7.31. The maximum absolute atomic E-state index is 12.5. The summed E-state index contributed by atoms with van der Waals surface area (Å²) in [5.41, 5.74) is 2.59. The molecule has 0 spiro atoms. The van der Waals surface area contributed by atoms with E-state index in [0.29, 0.717) is 4.90 Å². The van der Waals surface area contributed by atoms with Gasteiger partial charge in [-0.15, -0.1) is 0 Å². The van der Waals surface area contributed by atoms with Gasteiger partial charge in [0.15, 0.2) is 0 Å². The fraction of sp³-hybridized carbons (Fsp3) is 0.600. The topological polar surface area (TPSA) is 58.2 Å². The van der Waals surface area contributed by atoms with Gasteiger partial charge in [0.1, 0.15) is 0 Å². The van der Waals surface area contributed by atoms with E-state index in [4.69, 9.17) is 0 Å². The lowest BCUT2D eigenvalue weighted by atomic mass is 9.94. The van der Waals surface area contributed by atoms with E-state index in [0.717, 1.165) is 49.0 Å². The molecule has 1 aromatic rings. The summed E-state index contributed by atoms with van der Waals surface area (Å²) < 4.78 is 27.7. The molecule has 0 radical (unpaired) electrons. The lowest BCUT2D eigenvalue weighted by Crippen LogP contribution is -2.39. The number of hydrogen-bond acceptors (Lipinski definition) is 3. The lowest BCUT2D eigenvalue weighted by molar-refractivity contribution is 0.383. The van der Waals surface area contributed by atoms with Crippen LogP contribution in [0.5, 0.6) is 0 Å². The zero-order chi connectivity index (χ0) is 14.8. The van der Waals surface area contributed by atoms with Crippen molar-refractivity contribution < 1.29 is 8.42 Å². The minimum absolute atomic E-state index is 0.122. The molecule has 0 bridgehead atoms. The molecule has 0 unspecified atom stereocenters. The van der Waals surface area contributed by atoms with Gasteiger partial charge in [-0.25, -0.2) is 13.1 Å². The SMILES string of the molecule is CCCNc1cc(C)c(S(=O)(=O)NC2CCC2)c(C)c1. The number of aryl methyl sites for hydroxylation is 2. The second-order valence-corrected chi connectivity index (χ2v) is 7.27. The van der Waals surface area contributed by atoms with Gasteiger partial charge in [0.05, 0.1) is 4.90 Å². The monoisotopic (exact) mass is 296 g/mol. The van der Waals surface area contributed by atoms with Gasteiger partial charge in [0.25, 0.3) is 0 Å². The molecule has 1 fully saturated rings. The van der Waals surface area contributed by atoms with E-state index in [1.165, 1.54) is 0 Å². The fourth-order valence-corrected chi connectivity index (χ4v) is 4.31. The molecule has 0 aromatic heterocycles. The Bertz CT molecular complexity index is 555. The number of benzene rings is 1. The third-order valence-electron chi connectivity index (χ3n) is 3.74. The summed E-state index contributed by atoms with van der Waals surface area (Å²) >= 11 is 0. The van der Waals surface area contributed by atoms with E-state index in [2.05, 4.69) is 17.0 Å². The molecule has 5 heteroatoms. The van der Waals surface area contributed by atoms with Gasteiger partial charge in [0.2, 0.25) is 10.0 Å². The Balaban J connectivity index is 2.26. The molecular formula is C15H24N2O2S. The highest BCUT2D eigenvalue weighted by Crippen LogP contribution is 2.27. The Morgan fingerprint density at radius 2 is 1.80 bits per heavy atom. The standard InChI is InChI=1S/C15H24N2O2S/c1-4-8-16-14-9-11(2)15(12(3)10-14)20(18,19)17-13-6-5-7-13/h9-10,13,16-17H,4-8H2,1-3H3. The second kappa shape index (κ2) is 6.14. The molecule has 1 aromatic carbocycles. The molecule has 0 amide bonds. The first-order valence-corrected chi connectivity index (χ1v) is 8.80. The van der Waals surface area contributed by atoms with Crippen LogP contribution >= 0.6 is 0 Å². The molecule has 0 saturated heterocycles. The van der Waals surface area contributed by atoms with Crippen molar-refractivity contribution in [2.24, 2.45) is 0 Å². The van der Waals surface area contributed by atoms with Gasteiger partial charge < -0.3 is 5.32 Å². The highest BCUT2D eigenvalue weighted by atomic mass is 32.2. The van der Waals surface area contributed by atoms with Gasteiger partial charge in [0, 0.05) is 18.3 Å². The van der Waals surface area contributed by atoms with Crippen molar-refractivity contribution in [3.63, 3.8) is 0 Å². The molecule has 0 aliphatic heterocycles. The first-order chi connectivity index (χ1) is 9.44. The van der Waals surface area contributed by atoms with E-state index in [1.54, 1.807) is 0 Å². The molecule has 1 aliphatic rings. The maximum atomic E-state index is 12.5. The van der Waals surface area contributed by atoms with Crippen LogP contribution in [-0.4, -0.2) is 21.0 Å². The normalized spacial score (nSPS) is 15.9. The minimum Gasteiger partial charge on any atom is -0.385 e. The number of sulfonamides is 1. The Hall–Kier alpha value is -1.07. The Morgan fingerprint density at radius 1 is 1.20 bits per heavy atom. The van der Waals surface area contributed by atoms with E-state index in [9.17, 15) is 8.42 Å². The molecule has 1 saturated carbocycles. The van der Waals surface area contributed by atoms with Crippen LogP contribution in [0, 0.1) is 13.8 Å². The van der Waals surface area contributed by atoms with Crippen LogP contribution in [0.4, 0.5) is 5.69 Å². The van der Waals surface area contributed by atoms with Crippen molar-refractivity contribution in [3.05, 3.63) is 23.3 Å². The van der Waals surface area contributed by atoms with E-state index in [1.807, 2.05) is 26.0 Å². The van der Waals surface area contributed by atoms with Crippen LogP contribution in [0.3, 0.4) is 0 Å². The summed E-state index contributed by atoms with van der Waals surface area (Å²) in [4.78, 5) is 0.437. The third kappa shape index (κ3) is 3.33. The van der Waals surface area contributed by atoms with Gasteiger partial charge in [-0.1, -0.05) is 13.3 Å². The maximum Gasteiger partial charge on any atom is 0.241 e. The lowest BCUT2D eigenvalue weighted by Gasteiger charge is -2.27. The van der Waals surface area contributed by atoms with Crippen molar-refractivity contribution in [2.75, 3.05) is 11.9 Å². The van der Waals surface area contributed by atoms with Crippen LogP contribution in [0.15, 0.2) is 17.0 Å². The molecule has 4 nitrogen and oxygen atoms in total. The predicted octanol–water partition coefficient (Wildman–Crippen LogP) is 2.96. The van der Waals surface area contributed by atoms with Crippen LogP contribution in [0.1, 0.15) is 43.7 Å². The molecular weight excluding hydrogens is 272 g/mol. The van der Waals surface area contributed by atoms with Crippen LogP contribution in [0.25, 0.3) is 0 Å². The number of nitrogens with one attached hydrogen (secondary N) is 2. The molecule has 20 heavy (non-hydrogen) atoms. The summed E-state index contributed by atoms with van der Waals surface area (Å²) in [5.74, 6) is 0. The minimum atomic E-state index is -3.40. The van der Waals surface area contributed by atoms with Crippen LogP contribution < -0.4 is 10.0 Å². The summed E-state index contributed by atoms with van der Waals surface area (Å²) in [7, 11) is -3.40. The largest absolute Gasteiger partial charge is 0.385 e. The number of hydrogen-bond donors (Lipinski definition) is 2. The summed E-state index contributed by atoms with van der Waals surface area (Å²) in [6, 6.07) is 3.95. The van der Waals surface area contributed by atoms with E-state index in [-0.39, 0.29) is 6.04 Å². The van der Waals surface area contributed by atoms with Crippen molar-refractivity contribution >= 4 is 15.7 Å². The van der Waals surface area contributed by atoms with Gasteiger partial charge in [-0.3, -0.25) is 0 Å². The molecule has 1 aliphatic carbocycles. The zero-order valence-electron chi connectivity index (χ0n) is 12.5. The second-order valence-electron chi connectivity index (χ2n) is 5.62. The fourth-order valence-electron chi connectivity index (χ4n) is 2.55. The molecule has 2 rings (SSSR count). The first kappa shape index (κ1) is 15.3. The van der Waals surface area contributed by atoms with E-state index < -0.39 is 10.0 Å². The summed E-state index contributed by atoms with van der Waals surface area (Å²) in [6.45, 7) is 6.72. The molecule has 0 atom stereocenters. The smallest absolute Gasteiger partial charge is 0.241 e. The van der Waals surface area contributed by atoms with Crippen LogP contribution in [0.2, 0.25) is 0 Å². The number of rotatable bonds is 6. The molecule has 0 heterocycles. The van der Waals surface area contributed by atoms with Gasteiger partial charge in [-0.2, -0.15) is 0 Å². The zero-order valence-corrected chi connectivity index (χ0v) is 13.3. The number of anilines is 1. The summed E-state index contributed by atoms with van der Waals surface area (Å²) in [5, 5.41) is 3.30. The Morgan fingerprint density at radius 3 is 2.25 bits per heavy atom. The van der Waals surface area contributed by atoms with Crippen molar-refractivity contribution in [1.29, 1.82) is 0 Å². The van der Waals surface area contributed by atoms with Gasteiger partial charge in [-0.05, 0) is 56.4 Å². The quantitative estimate of drug-likeness (QED) is 0.848. The molecule has 112 valence electrons. The van der Waals surface area contributed by atoms with E-state index >= 15 is 0 Å². The average Bonchev–Trinajstić information content (AvgIpc) is 2.30. The Labute approximate surface area is 122 Å². The molecule has 2 N–H and O–H groups in total. The summed E-state index contributed by atoms with van der Waals surface area (Å²) in [6.07, 6.45) is 4.06.